The van der Waals surface area contributed by atoms with Crippen LogP contribution in [-0.2, 0) is 6.61 Å². The fraction of sp³-hybridized carbons (Fsp3) is 0.273. The molecule has 1 aliphatic rings. The normalized spacial score (nSPS) is 15.9. The van der Waals surface area contributed by atoms with E-state index in [-0.39, 0.29) is 19.3 Å². The van der Waals surface area contributed by atoms with Gasteiger partial charge in [-0.25, -0.2) is 14.3 Å². The summed E-state index contributed by atoms with van der Waals surface area (Å²) in [6.45, 7) is 7.92. The van der Waals surface area contributed by atoms with E-state index >= 15 is 0 Å². The molecular weight excluding hydrogens is 408 g/mol. The lowest BCUT2D eigenvalue weighted by atomic mass is 10.1. The first-order valence-electron chi connectivity index (χ1n) is 10.4. The maximum atomic E-state index is 9.75. The lowest BCUT2D eigenvalue weighted by Crippen LogP contribution is -2.33. The number of hydrogen-bond acceptors (Lipinski definition) is 7. The van der Waals surface area contributed by atoms with Crippen LogP contribution in [0.1, 0.15) is 18.4 Å². The molecule has 1 fully saturated rings. The van der Waals surface area contributed by atoms with Crippen LogP contribution in [0.25, 0.3) is 16.0 Å². The second-order valence-electron chi connectivity index (χ2n) is 7.64. The summed E-state index contributed by atoms with van der Waals surface area (Å²) < 4.78 is 3.57. The molecule has 0 saturated carbocycles. The third kappa shape index (κ3) is 3.53. The van der Waals surface area contributed by atoms with Crippen LogP contribution in [0.2, 0.25) is 0 Å². The summed E-state index contributed by atoms with van der Waals surface area (Å²) in [4.78, 5) is 14.7. The molecule has 0 aliphatic carbocycles. The first-order valence-corrected chi connectivity index (χ1v) is 10.4. The molecule has 162 valence electrons. The summed E-state index contributed by atoms with van der Waals surface area (Å²) in [6, 6.07) is 9.19. The number of imidazole rings is 1. The number of nitrogens with zero attached hydrogens (tertiary/aromatic N) is 7. The second kappa shape index (κ2) is 8.30. The Morgan fingerprint density at radius 2 is 2.16 bits per heavy atom. The van der Waals surface area contributed by atoms with Gasteiger partial charge in [0.25, 0.3) is 0 Å². The summed E-state index contributed by atoms with van der Waals surface area (Å²) in [5.41, 5.74) is 2.67. The Hall–Kier alpha value is -3.94. The Kier molecular flexibility index (Phi) is 5.18. The molecule has 1 aromatic carbocycles. The van der Waals surface area contributed by atoms with Gasteiger partial charge in [-0.1, -0.05) is 6.07 Å². The zero-order valence-electron chi connectivity index (χ0n) is 17.3. The van der Waals surface area contributed by atoms with Gasteiger partial charge in [0.05, 0.1) is 32.0 Å². The number of anilines is 3. The van der Waals surface area contributed by atoms with Crippen LogP contribution in [0, 0.1) is 6.57 Å². The van der Waals surface area contributed by atoms with Crippen molar-refractivity contribution in [3.63, 3.8) is 0 Å². The molecule has 1 atom stereocenters. The van der Waals surface area contributed by atoms with E-state index in [4.69, 9.17) is 11.6 Å². The van der Waals surface area contributed by atoms with E-state index in [1.165, 1.54) is 0 Å². The van der Waals surface area contributed by atoms with Crippen LogP contribution in [0.4, 0.5) is 23.3 Å². The first kappa shape index (κ1) is 20.0. The summed E-state index contributed by atoms with van der Waals surface area (Å²) in [5.74, 6) is 1.74. The van der Waals surface area contributed by atoms with Crippen molar-refractivity contribution in [2.45, 2.75) is 25.5 Å². The van der Waals surface area contributed by atoms with Crippen LogP contribution in [-0.4, -0.2) is 53.6 Å². The largest absolute Gasteiger partial charge is 0.394 e. The van der Waals surface area contributed by atoms with E-state index in [2.05, 4.69) is 25.1 Å². The highest BCUT2D eigenvalue weighted by Gasteiger charge is 2.27. The third-order valence-corrected chi connectivity index (χ3v) is 5.71. The van der Waals surface area contributed by atoms with Gasteiger partial charge in [0.15, 0.2) is 17.3 Å². The number of fused-ring (bicyclic) bond motifs is 1. The molecular formula is C22H22N8O2. The smallest absolute Gasteiger partial charge is 0.248 e. The van der Waals surface area contributed by atoms with Crippen molar-refractivity contribution in [3.8, 4) is 5.69 Å². The predicted molar refractivity (Wildman–Crippen MR) is 119 cm³/mol. The van der Waals surface area contributed by atoms with Crippen molar-refractivity contribution in [2.75, 3.05) is 23.4 Å². The van der Waals surface area contributed by atoms with Gasteiger partial charge >= 0.3 is 0 Å². The number of aliphatic hydroxyl groups excluding tert-OH is 2. The average Bonchev–Trinajstić information content (AvgIpc) is 3.58. The monoisotopic (exact) mass is 430 g/mol. The van der Waals surface area contributed by atoms with Crippen LogP contribution in [0.5, 0.6) is 0 Å². The number of aromatic nitrogens is 5. The topological polar surface area (TPSA) is 108 Å². The highest BCUT2D eigenvalue weighted by molar-refractivity contribution is 5.71. The van der Waals surface area contributed by atoms with E-state index < -0.39 is 0 Å². The molecule has 5 rings (SSSR count). The summed E-state index contributed by atoms with van der Waals surface area (Å²) in [7, 11) is 0. The maximum Gasteiger partial charge on any atom is 0.248 e. The van der Waals surface area contributed by atoms with E-state index in [0.717, 1.165) is 36.4 Å². The number of rotatable bonds is 6. The van der Waals surface area contributed by atoms with Gasteiger partial charge in [-0.2, -0.15) is 4.98 Å². The van der Waals surface area contributed by atoms with Gasteiger partial charge in [0, 0.05) is 18.4 Å². The number of aliphatic hydroxyl groups is 2. The van der Waals surface area contributed by atoms with Gasteiger partial charge in [-0.05, 0) is 42.7 Å². The molecule has 4 heterocycles. The van der Waals surface area contributed by atoms with Crippen molar-refractivity contribution in [1.82, 2.24) is 24.1 Å². The van der Waals surface area contributed by atoms with Crippen molar-refractivity contribution in [3.05, 3.63) is 66.0 Å². The molecule has 32 heavy (non-hydrogen) atoms. The molecule has 4 aromatic rings. The standard InChI is InChI=1S/C22H22N8O2/c1-23-18-7-6-16(10-15(18)12-31)28-11-20(24-14-28)25-22-26-21(19-5-3-9-30(19)27-22)29-8-2-4-17(29)13-32/h3,5-7,9-11,14,17,31-32H,2,4,8,12-13H2,(H,25,27)/t17-/m0/s1. The lowest BCUT2D eigenvalue weighted by Gasteiger charge is -2.25. The molecule has 10 heteroatoms. The number of nitrogens with one attached hydrogen (secondary N) is 1. The van der Waals surface area contributed by atoms with Crippen molar-refractivity contribution >= 4 is 28.8 Å². The quantitative estimate of drug-likeness (QED) is 0.404. The first-order chi connectivity index (χ1) is 15.7. The van der Waals surface area contributed by atoms with Crippen molar-refractivity contribution in [1.29, 1.82) is 0 Å². The summed E-state index contributed by atoms with van der Waals surface area (Å²) >= 11 is 0. The van der Waals surface area contributed by atoms with Gasteiger partial charge < -0.3 is 25.0 Å². The predicted octanol–water partition coefficient (Wildman–Crippen LogP) is 2.66. The minimum Gasteiger partial charge on any atom is -0.394 e. The molecule has 3 aromatic heterocycles. The van der Waals surface area contributed by atoms with E-state index in [1.807, 2.05) is 18.3 Å². The molecule has 0 bridgehead atoms. The van der Waals surface area contributed by atoms with Gasteiger partial charge in [-0.3, -0.25) is 0 Å². The molecule has 1 aliphatic heterocycles. The van der Waals surface area contributed by atoms with Crippen molar-refractivity contribution < 1.29 is 10.2 Å². The van der Waals surface area contributed by atoms with Crippen LogP contribution in [0.15, 0.2) is 49.1 Å². The fourth-order valence-electron chi connectivity index (χ4n) is 4.10. The Bertz CT molecular complexity index is 1300. The molecule has 0 amide bonds. The second-order valence-corrected chi connectivity index (χ2v) is 7.64. The Balaban J connectivity index is 1.45. The lowest BCUT2D eigenvalue weighted by molar-refractivity contribution is 0.266. The third-order valence-electron chi connectivity index (χ3n) is 5.71. The molecule has 0 radical (unpaired) electrons. The zero-order valence-corrected chi connectivity index (χ0v) is 17.3. The fourth-order valence-corrected chi connectivity index (χ4v) is 4.10. The number of hydrogen-bond donors (Lipinski definition) is 3. The molecule has 10 nitrogen and oxygen atoms in total. The van der Waals surface area contributed by atoms with Gasteiger partial charge in [0.1, 0.15) is 11.8 Å². The maximum absolute atomic E-state index is 9.75. The van der Waals surface area contributed by atoms with Crippen LogP contribution < -0.4 is 10.2 Å². The Morgan fingerprint density at radius 1 is 1.25 bits per heavy atom. The van der Waals surface area contributed by atoms with Crippen molar-refractivity contribution in [2.24, 2.45) is 0 Å². The van der Waals surface area contributed by atoms with Gasteiger partial charge in [0.2, 0.25) is 5.95 Å². The highest BCUT2D eigenvalue weighted by Crippen LogP contribution is 2.29. The number of benzene rings is 1. The minimum absolute atomic E-state index is 0.0507. The Labute approximate surface area is 184 Å². The molecule has 3 N–H and O–H groups in total. The van der Waals surface area contributed by atoms with Gasteiger partial charge in [-0.15, -0.1) is 5.10 Å². The summed E-state index contributed by atoms with van der Waals surface area (Å²) in [6.07, 6.45) is 7.25. The highest BCUT2D eigenvalue weighted by atomic mass is 16.3. The summed E-state index contributed by atoms with van der Waals surface area (Å²) in [5, 5.41) is 27.0. The van der Waals surface area contributed by atoms with Crippen LogP contribution >= 0.6 is 0 Å². The Morgan fingerprint density at radius 3 is 2.97 bits per heavy atom. The van der Waals surface area contributed by atoms with Crippen LogP contribution in [0.3, 0.4) is 0 Å². The van der Waals surface area contributed by atoms with E-state index in [0.29, 0.717) is 23.0 Å². The molecule has 0 unspecified atom stereocenters. The zero-order chi connectivity index (χ0) is 22.1. The average molecular weight is 430 g/mol. The molecule has 0 spiro atoms. The van der Waals surface area contributed by atoms with E-state index in [9.17, 15) is 10.2 Å². The SMILES string of the molecule is [C-]#[N+]c1ccc(-n2cnc(Nc3nc(N4CCC[C@H]4CO)c4cccn4n3)c2)cc1CO. The molecule has 1 saturated heterocycles. The minimum atomic E-state index is -0.204. The van der Waals surface area contributed by atoms with E-state index in [1.54, 1.807) is 39.8 Å².